The molecule has 0 aliphatic carbocycles. The topological polar surface area (TPSA) is 69.6 Å². The summed E-state index contributed by atoms with van der Waals surface area (Å²) in [6, 6.07) is 0.221. The molecule has 1 aliphatic rings. The molecule has 0 N–H and O–H groups in total. The predicted molar refractivity (Wildman–Crippen MR) is 74.5 cm³/mol. The maximum absolute atomic E-state index is 5.90. The van der Waals surface area contributed by atoms with Gasteiger partial charge in [0.1, 0.15) is 6.61 Å². The molecule has 0 radical (unpaired) electrons. The molecule has 0 unspecified atom stereocenters. The number of rotatable bonds is 6. The maximum Gasteiger partial charge on any atom is 0.322 e. The fraction of sp³-hybridized carbons (Fsp3) is 0.750. The minimum Gasteiger partial charge on any atom is -0.461 e. The summed E-state index contributed by atoms with van der Waals surface area (Å²) in [4.78, 5) is 14.3. The number of hydrogen-bond acceptors (Lipinski definition) is 7. The first-order valence-electron chi connectivity index (χ1n) is 6.64. The highest BCUT2D eigenvalue weighted by Crippen LogP contribution is 2.16. The van der Waals surface area contributed by atoms with Gasteiger partial charge in [-0.25, -0.2) is 0 Å². The number of anilines is 1. The zero-order valence-electron chi connectivity index (χ0n) is 11.7. The molecule has 0 aromatic carbocycles. The highest BCUT2D eigenvalue weighted by molar-refractivity contribution is 6.28. The van der Waals surface area contributed by atoms with Crippen molar-refractivity contribution < 1.29 is 14.2 Å². The van der Waals surface area contributed by atoms with Crippen LogP contribution in [0.3, 0.4) is 0 Å². The number of halogens is 1. The normalized spacial score (nSPS) is 15.7. The van der Waals surface area contributed by atoms with Crippen LogP contribution in [0.1, 0.15) is 13.8 Å². The van der Waals surface area contributed by atoms with Crippen molar-refractivity contribution in [3.8, 4) is 6.01 Å². The number of aromatic nitrogens is 3. The van der Waals surface area contributed by atoms with E-state index in [0.29, 0.717) is 32.4 Å². The van der Waals surface area contributed by atoms with Crippen LogP contribution in [-0.2, 0) is 9.47 Å². The lowest BCUT2D eigenvalue weighted by Gasteiger charge is -2.26. The summed E-state index contributed by atoms with van der Waals surface area (Å²) in [5.74, 6) is 0.521. The second-order valence-electron chi connectivity index (χ2n) is 4.55. The molecule has 7 nitrogen and oxygen atoms in total. The van der Waals surface area contributed by atoms with Gasteiger partial charge in [0.05, 0.1) is 25.9 Å². The second-order valence-corrected chi connectivity index (χ2v) is 4.89. The Morgan fingerprint density at radius 1 is 1.20 bits per heavy atom. The van der Waals surface area contributed by atoms with Crippen molar-refractivity contribution in [3.05, 3.63) is 5.28 Å². The smallest absolute Gasteiger partial charge is 0.322 e. The Bertz CT molecular complexity index is 427. The largest absolute Gasteiger partial charge is 0.461 e. The summed E-state index contributed by atoms with van der Waals surface area (Å²) in [6.45, 7) is 7.57. The summed E-state index contributed by atoms with van der Waals surface area (Å²) in [7, 11) is 0. The lowest BCUT2D eigenvalue weighted by molar-refractivity contribution is 0.0530. The molecular formula is C12H19ClN4O3. The Morgan fingerprint density at radius 2 is 1.95 bits per heavy atom. The maximum atomic E-state index is 5.90. The minimum absolute atomic E-state index is 0.126. The second kappa shape index (κ2) is 7.56. The third-order valence-corrected chi connectivity index (χ3v) is 2.80. The average Bonchev–Trinajstić information content (AvgIpc) is 2.44. The Balaban J connectivity index is 1.93. The monoisotopic (exact) mass is 302 g/mol. The van der Waals surface area contributed by atoms with Gasteiger partial charge in [0, 0.05) is 13.1 Å². The zero-order chi connectivity index (χ0) is 14.4. The molecule has 1 aliphatic heterocycles. The first-order chi connectivity index (χ1) is 9.65. The van der Waals surface area contributed by atoms with Crippen LogP contribution in [0.2, 0.25) is 5.28 Å². The first-order valence-corrected chi connectivity index (χ1v) is 7.01. The summed E-state index contributed by atoms with van der Waals surface area (Å²) >= 11 is 5.90. The first kappa shape index (κ1) is 15.2. The molecule has 112 valence electrons. The molecule has 2 rings (SSSR count). The Kier molecular flexibility index (Phi) is 5.75. The van der Waals surface area contributed by atoms with Crippen LogP contribution in [0.15, 0.2) is 0 Å². The molecule has 2 heterocycles. The molecule has 1 aromatic rings. The van der Waals surface area contributed by atoms with Gasteiger partial charge in [0.25, 0.3) is 0 Å². The van der Waals surface area contributed by atoms with Gasteiger partial charge in [-0.3, -0.25) is 0 Å². The van der Waals surface area contributed by atoms with Crippen molar-refractivity contribution in [1.82, 2.24) is 15.0 Å². The quantitative estimate of drug-likeness (QED) is 0.730. The van der Waals surface area contributed by atoms with E-state index < -0.39 is 0 Å². The summed E-state index contributed by atoms with van der Waals surface area (Å²) in [5.41, 5.74) is 0. The van der Waals surface area contributed by atoms with Crippen molar-refractivity contribution >= 4 is 17.5 Å². The fourth-order valence-corrected chi connectivity index (χ4v) is 1.86. The van der Waals surface area contributed by atoms with Gasteiger partial charge in [0.15, 0.2) is 0 Å². The third kappa shape index (κ3) is 4.73. The lowest BCUT2D eigenvalue weighted by atomic mass is 10.4. The van der Waals surface area contributed by atoms with Gasteiger partial charge in [-0.2, -0.15) is 15.0 Å². The molecule has 8 heteroatoms. The molecule has 0 bridgehead atoms. The lowest BCUT2D eigenvalue weighted by Crippen LogP contribution is -2.37. The van der Waals surface area contributed by atoms with Crippen LogP contribution in [0.4, 0.5) is 5.95 Å². The van der Waals surface area contributed by atoms with E-state index in [2.05, 4.69) is 15.0 Å². The van der Waals surface area contributed by atoms with E-state index in [1.54, 1.807) is 0 Å². The summed E-state index contributed by atoms with van der Waals surface area (Å²) in [6.07, 6.45) is 0.171. The Morgan fingerprint density at radius 3 is 2.65 bits per heavy atom. The van der Waals surface area contributed by atoms with Crippen molar-refractivity contribution in [2.24, 2.45) is 0 Å². The van der Waals surface area contributed by atoms with Crippen LogP contribution < -0.4 is 9.64 Å². The van der Waals surface area contributed by atoms with Crippen molar-refractivity contribution in [2.45, 2.75) is 20.0 Å². The molecule has 0 amide bonds. The number of ether oxygens (including phenoxy) is 3. The predicted octanol–water partition coefficient (Wildman–Crippen LogP) is 1.17. The number of hydrogen-bond donors (Lipinski definition) is 0. The summed E-state index contributed by atoms with van der Waals surface area (Å²) in [5, 5.41) is 0.126. The molecule has 0 spiro atoms. The van der Waals surface area contributed by atoms with Gasteiger partial charge < -0.3 is 19.1 Å². The summed E-state index contributed by atoms with van der Waals surface area (Å²) < 4.78 is 16.1. The third-order valence-electron chi connectivity index (χ3n) is 2.64. The van der Waals surface area contributed by atoms with Crippen LogP contribution >= 0.6 is 11.6 Å². The van der Waals surface area contributed by atoms with Crippen molar-refractivity contribution in [3.63, 3.8) is 0 Å². The van der Waals surface area contributed by atoms with Gasteiger partial charge in [-0.05, 0) is 25.4 Å². The van der Waals surface area contributed by atoms with Gasteiger partial charge in [-0.1, -0.05) is 0 Å². The highest BCUT2D eigenvalue weighted by atomic mass is 35.5. The molecule has 0 atom stereocenters. The molecule has 1 aromatic heterocycles. The van der Waals surface area contributed by atoms with Crippen molar-refractivity contribution in [2.75, 3.05) is 44.4 Å². The van der Waals surface area contributed by atoms with E-state index in [-0.39, 0.29) is 17.4 Å². The molecule has 20 heavy (non-hydrogen) atoms. The standard InChI is InChI=1S/C12H19ClN4O3/c1-9(2)19-7-8-20-12-15-10(13)14-11(16-12)17-3-5-18-6-4-17/h9H,3-8H2,1-2H3. The van der Waals surface area contributed by atoms with Crippen LogP contribution in [0.5, 0.6) is 6.01 Å². The van der Waals surface area contributed by atoms with Gasteiger partial charge in [-0.15, -0.1) is 0 Å². The van der Waals surface area contributed by atoms with Crippen LogP contribution in [-0.4, -0.2) is 60.6 Å². The van der Waals surface area contributed by atoms with Crippen molar-refractivity contribution in [1.29, 1.82) is 0 Å². The van der Waals surface area contributed by atoms with Gasteiger partial charge >= 0.3 is 6.01 Å². The van der Waals surface area contributed by atoms with E-state index in [0.717, 1.165) is 13.1 Å². The molecule has 1 saturated heterocycles. The number of morpholine rings is 1. The van der Waals surface area contributed by atoms with E-state index in [1.165, 1.54) is 0 Å². The Labute approximate surface area is 123 Å². The van der Waals surface area contributed by atoms with E-state index in [1.807, 2.05) is 18.7 Å². The van der Waals surface area contributed by atoms with Crippen LogP contribution in [0, 0.1) is 0 Å². The van der Waals surface area contributed by atoms with Crippen LogP contribution in [0.25, 0.3) is 0 Å². The average molecular weight is 303 g/mol. The Hall–Kier alpha value is -1.18. The van der Waals surface area contributed by atoms with Gasteiger partial charge in [0.2, 0.25) is 11.2 Å². The fourth-order valence-electron chi connectivity index (χ4n) is 1.71. The minimum atomic E-state index is 0.126. The molecule has 1 fully saturated rings. The SMILES string of the molecule is CC(C)OCCOc1nc(Cl)nc(N2CCOCC2)n1. The number of nitrogens with zero attached hydrogens (tertiary/aromatic N) is 4. The van der Waals surface area contributed by atoms with E-state index >= 15 is 0 Å². The van der Waals surface area contributed by atoms with E-state index in [9.17, 15) is 0 Å². The zero-order valence-corrected chi connectivity index (χ0v) is 12.5. The molecular weight excluding hydrogens is 284 g/mol. The highest BCUT2D eigenvalue weighted by Gasteiger charge is 2.16. The van der Waals surface area contributed by atoms with E-state index in [4.69, 9.17) is 25.8 Å². The molecule has 0 saturated carbocycles.